The fourth-order valence-electron chi connectivity index (χ4n) is 0.580. The summed E-state index contributed by atoms with van der Waals surface area (Å²) >= 11 is 0. The van der Waals surface area contributed by atoms with E-state index in [9.17, 15) is 13.2 Å². The van der Waals surface area contributed by atoms with E-state index >= 15 is 0 Å². The third-order valence-corrected chi connectivity index (χ3v) is 1.74. The Hall–Kier alpha value is 0.756. The van der Waals surface area contributed by atoms with Crippen LogP contribution < -0.4 is 0 Å². The molecule has 0 heterocycles. The van der Waals surface area contributed by atoms with E-state index in [1.54, 1.807) is 0 Å². The van der Waals surface area contributed by atoms with Crippen molar-refractivity contribution in [2.45, 2.75) is 20.3 Å². The normalized spacial score (nSPS) is 11.8. The van der Waals surface area contributed by atoms with Crippen molar-refractivity contribution in [2.75, 3.05) is 6.61 Å². The summed E-state index contributed by atoms with van der Waals surface area (Å²) < 4.78 is 33.5. The van der Waals surface area contributed by atoms with Crippen LogP contribution in [0.25, 0.3) is 0 Å². The summed E-state index contributed by atoms with van der Waals surface area (Å²) in [7, 11) is -4.26. The fourth-order valence-corrected chi connectivity index (χ4v) is 1.12. The standard InChI is InChI=1S/C7H12O5S.K.H/c1-3-4-12-7(8)6(2)5-13(9,10)11;;/h5H,3-4H2,1-2H3,(H,9,10,11);;. The van der Waals surface area contributed by atoms with Gasteiger partial charge in [0.1, 0.15) is 0 Å². The maximum atomic E-state index is 10.9. The maximum absolute atomic E-state index is 10.9. The first-order valence-corrected chi connectivity index (χ1v) is 5.20. The minimum atomic E-state index is -4.26. The summed E-state index contributed by atoms with van der Waals surface area (Å²) in [6, 6.07) is 0. The van der Waals surface area contributed by atoms with Gasteiger partial charge in [0.15, 0.2) is 0 Å². The average molecular weight is 248 g/mol. The molecule has 0 unspecified atom stereocenters. The number of ether oxygens (including phenoxy) is 1. The van der Waals surface area contributed by atoms with Gasteiger partial charge >= 0.3 is 57.4 Å². The van der Waals surface area contributed by atoms with Gasteiger partial charge in [0, 0.05) is 5.57 Å². The van der Waals surface area contributed by atoms with Crippen LogP contribution in [-0.4, -0.2) is 76.9 Å². The molecule has 78 valence electrons. The molecule has 0 aliphatic heterocycles. The Kier molecular flexibility index (Phi) is 9.77. The molecule has 0 rings (SSSR count). The average Bonchev–Trinajstić information content (AvgIpc) is 1.96. The Morgan fingerprint density at radius 2 is 2.00 bits per heavy atom. The van der Waals surface area contributed by atoms with Crippen LogP contribution in [0.5, 0.6) is 0 Å². The molecule has 5 nitrogen and oxygen atoms in total. The molecule has 0 radical (unpaired) electrons. The summed E-state index contributed by atoms with van der Waals surface area (Å²) in [5.41, 5.74) is -0.143. The number of carbonyl (C=O) groups is 1. The van der Waals surface area contributed by atoms with Gasteiger partial charge in [-0.1, -0.05) is 6.92 Å². The molecule has 0 saturated heterocycles. The zero-order valence-corrected chi connectivity index (χ0v) is 8.30. The molecule has 1 N–H and O–H groups in total. The molecule has 7 heteroatoms. The van der Waals surface area contributed by atoms with Crippen molar-refractivity contribution in [3.05, 3.63) is 11.0 Å². The summed E-state index contributed by atoms with van der Waals surface area (Å²) in [5, 5.41) is 0.463. The monoisotopic (exact) mass is 248 g/mol. The second-order valence-electron chi connectivity index (χ2n) is 2.45. The van der Waals surface area contributed by atoms with Crippen LogP contribution in [-0.2, 0) is 19.6 Å². The van der Waals surface area contributed by atoms with Crippen molar-refractivity contribution in [1.82, 2.24) is 0 Å². The first-order chi connectivity index (χ1) is 5.87. The number of hydrogen-bond acceptors (Lipinski definition) is 4. The molecule has 0 bridgehead atoms. The van der Waals surface area contributed by atoms with Crippen LogP contribution in [0, 0.1) is 0 Å². The van der Waals surface area contributed by atoms with Gasteiger partial charge in [-0.3, -0.25) is 4.55 Å². The predicted molar refractivity (Wildman–Crippen MR) is 53.7 cm³/mol. The molecular formula is C7H13KO5S. The van der Waals surface area contributed by atoms with Gasteiger partial charge in [0.05, 0.1) is 12.0 Å². The summed E-state index contributed by atoms with van der Waals surface area (Å²) in [6.07, 6.45) is 0.658. The summed E-state index contributed by atoms with van der Waals surface area (Å²) in [6.45, 7) is 3.30. The van der Waals surface area contributed by atoms with Crippen LogP contribution in [0.4, 0.5) is 0 Å². The van der Waals surface area contributed by atoms with Gasteiger partial charge in [0.25, 0.3) is 10.1 Å². The molecule has 0 aliphatic carbocycles. The SMILES string of the molecule is CCCOC(=O)C(C)=CS(=O)(=O)O.[KH]. The van der Waals surface area contributed by atoms with E-state index in [0.29, 0.717) is 11.8 Å². The zero-order valence-electron chi connectivity index (χ0n) is 7.48. The fraction of sp³-hybridized carbons (Fsp3) is 0.571. The number of carbonyl (C=O) groups excluding carboxylic acids is 1. The van der Waals surface area contributed by atoms with Gasteiger partial charge in [-0.2, -0.15) is 8.42 Å². The minimum absolute atomic E-state index is 0. The van der Waals surface area contributed by atoms with Crippen molar-refractivity contribution >= 4 is 67.5 Å². The molecule has 14 heavy (non-hydrogen) atoms. The second kappa shape index (κ2) is 7.97. The van der Waals surface area contributed by atoms with Crippen molar-refractivity contribution in [1.29, 1.82) is 0 Å². The van der Waals surface area contributed by atoms with E-state index in [2.05, 4.69) is 4.74 Å². The quantitative estimate of drug-likeness (QED) is 0.330. The van der Waals surface area contributed by atoms with E-state index in [-0.39, 0.29) is 63.6 Å². The first-order valence-electron chi connectivity index (χ1n) is 3.69. The number of esters is 1. The molecule has 0 saturated carbocycles. The van der Waals surface area contributed by atoms with Crippen molar-refractivity contribution in [2.24, 2.45) is 0 Å². The zero-order chi connectivity index (χ0) is 10.5. The van der Waals surface area contributed by atoms with E-state index in [4.69, 9.17) is 4.55 Å². The van der Waals surface area contributed by atoms with Crippen LogP contribution in [0.1, 0.15) is 20.3 Å². The Bertz CT molecular complexity index is 306. The first kappa shape index (κ1) is 17.2. The molecule has 0 aliphatic rings. The second-order valence-corrected chi connectivity index (χ2v) is 3.72. The third-order valence-electron chi connectivity index (χ3n) is 1.08. The molecule has 0 aromatic rings. The van der Waals surface area contributed by atoms with Crippen LogP contribution in [0.2, 0.25) is 0 Å². The van der Waals surface area contributed by atoms with Crippen molar-refractivity contribution in [3.63, 3.8) is 0 Å². The van der Waals surface area contributed by atoms with Gasteiger partial charge in [-0.05, 0) is 13.3 Å². The summed E-state index contributed by atoms with van der Waals surface area (Å²) in [5.74, 6) is -0.737. The topological polar surface area (TPSA) is 80.7 Å². The molecule has 0 fully saturated rings. The molecular weight excluding hydrogens is 235 g/mol. The van der Waals surface area contributed by atoms with Crippen molar-refractivity contribution in [3.8, 4) is 0 Å². The number of hydrogen-bond donors (Lipinski definition) is 1. The Balaban J connectivity index is 0. The molecule has 0 spiro atoms. The van der Waals surface area contributed by atoms with E-state index in [0.717, 1.165) is 0 Å². The molecule has 0 amide bonds. The van der Waals surface area contributed by atoms with Crippen LogP contribution in [0.15, 0.2) is 11.0 Å². The van der Waals surface area contributed by atoms with E-state index in [1.165, 1.54) is 6.92 Å². The van der Waals surface area contributed by atoms with E-state index < -0.39 is 16.1 Å². The van der Waals surface area contributed by atoms with Gasteiger partial charge < -0.3 is 4.74 Å². The Morgan fingerprint density at radius 3 is 2.36 bits per heavy atom. The van der Waals surface area contributed by atoms with E-state index in [1.807, 2.05) is 6.92 Å². The Morgan fingerprint density at radius 1 is 1.50 bits per heavy atom. The van der Waals surface area contributed by atoms with Gasteiger partial charge in [-0.15, -0.1) is 0 Å². The number of rotatable bonds is 4. The third kappa shape index (κ3) is 9.32. The van der Waals surface area contributed by atoms with Crippen molar-refractivity contribution < 1.29 is 22.5 Å². The van der Waals surface area contributed by atoms with Crippen LogP contribution in [0.3, 0.4) is 0 Å². The molecule has 0 atom stereocenters. The summed E-state index contributed by atoms with van der Waals surface area (Å²) in [4.78, 5) is 10.9. The van der Waals surface area contributed by atoms with Crippen LogP contribution >= 0.6 is 0 Å². The molecule has 0 aromatic carbocycles. The predicted octanol–water partition coefficient (Wildman–Crippen LogP) is 0.0827. The molecule has 0 aromatic heterocycles. The van der Waals surface area contributed by atoms with Gasteiger partial charge in [-0.25, -0.2) is 4.79 Å². The van der Waals surface area contributed by atoms with Gasteiger partial charge in [0.2, 0.25) is 0 Å². The Labute approximate surface area is 126 Å².